The third-order valence-electron chi connectivity index (χ3n) is 8.23. The Kier molecular flexibility index (Phi) is 15.2. The van der Waals surface area contributed by atoms with Gasteiger partial charge in [-0.3, -0.25) is 19.3 Å². The number of carbonyl (C=O) groups is 4. The predicted molar refractivity (Wildman–Crippen MR) is 167 cm³/mol. The van der Waals surface area contributed by atoms with Crippen molar-refractivity contribution in [1.82, 2.24) is 20.1 Å². The molecule has 0 bridgehead atoms. The van der Waals surface area contributed by atoms with Gasteiger partial charge in [0.2, 0.25) is 5.91 Å². The number of nitrogens with one attached hydrogen (secondary N) is 1. The van der Waals surface area contributed by atoms with E-state index in [0.717, 1.165) is 37.1 Å². The topological polar surface area (TPSA) is 159 Å². The van der Waals surface area contributed by atoms with Gasteiger partial charge in [0.25, 0.3) is 0 Å². The average Bonchev–Trinajstić information content (AvgIpc) is 3.44. The number of likely N-dealkylation sites (N-methyl/N-ethyl adjacent to an activating group) is 1. The maximum absolute atomic E-state index is 13.5. The van der Waals surface area contributed by atoms with Gasteiger partial charge in [0, 0.05) is 31.2 Å². The summed E-state index contributed by atoms with van der Waals surface area (Å²) in [5, 5.41) is 26.3. The van der Waals surface area contributed by atoms with Gasteiger partial charge in [0.15, 0.2) is 11.8 Å². The van der Waals surface area contributed by atoms with Crippen LogP contribution in [0.2, 0.25) is 0 Å². The van der Waals surface area contributed by atoms with Crippen LogP contribution in [-0.4, -0.2) is 93.5 Å². The first-order chi connectivity index (χ1) is 20.7. The second-order valence-electron chi connectivity index (χ2n) is 12.6. The number of hydrogen-bond acceptors (Lipinski definition) is 11. The summed E-state index contributed by atoms with van der Waals surface area (Å²) in [6.07, 6.45) is 1.54. The Labute approximate surface area is 265 Å². The molecule has 3 N–H and O–H groups in total. The maximum Gasteiger partial charge on any atom is 0.355 e. The van der Waals surface area contributed by atoms with E-state index in [1.54, 1.807) is 4.90 Å². The van der Waals surface area contributed by atoms with Crippen LogP contribution in [0.25, 0.3) is 0 Å². The molecule has 0 spiro atoms. The van der Waals surface area contributed by atoms with Crippen LogP contribution >= 0.6 is 11.3 Å². The number of rotatable bonds is 17. The minimum atomic E-state index is -1.26. The molecular formula is C31H52N4O8S. The lowest BCUT2D eigenvalue weighted by Gasteiger charge is -2.43. The van der Waals surface area contributed by atoms with E-state index in [2.05, 4.69) is 10.3 Å². The molecule has 1 aliphatic heterocycles. The smallest absolute Gasteiger partial charge is 0.355 e. The second-order valence-corrected chi connectivity index (χ2v) is 13.5. The fourth-order valence-electron chi connectivity index (χ4n) is 5.49. The number of piperidine rings is 1. The Bertz CT molecular complexity index is 1100. The van der Waals surface area contributed by atoms with Gasteiger partial charge in [0.1, 0.15) is 18.0 Å². The summed E-state index contributed by atoms with van der Waals surface area (Å²) >= 11 is 1.07. The molecule has 6 atom stereocenters. The number of aliphatic hydroxyl groups is 1. The van der Waals surface area contributed by atoms with Crippen molar-refractivity contribution in [2.75, 3.05) is 20.3 Å². The lowest BCUT2D eigenvalue weighted by Crippen LogP contribution is -2.61. The van der Waals surface area contributed by atoms with Crippen LogP contribution in [0.5, 0.6) is 0 Å². The zero-order valence-corrected chi connectivity index (χ0v) is 28.3. The highest BCUT2D eigenvalue weighted by Crippen LogP contribution is 2.32. The molecule has 1 aromatic rings. The molecule has 1 fully saturated rings. The SMILES string of the molecule is CC[C@H](C)[C@H](NC(=O)[C@H]1CCCCN1C)[C@H](O)N(COC(=O)CC(C)C)[C@H](C[C@@H](OC(C)=O)c1nc(C(=O)O)cs1)C(C)C. The largest absolute Gasteiger partial charge is 0.476 e. The Morgan fingerprint density at radius 1 is 1.18 bits per heavy atom. The molecular weight excluding hydrogens is 588 g/mol. The third-order valence-corrected chi connectivity index (χ3v) is 9.16. The van der Waals surface area contributed by atoms with Gasteiger partial charge in [-0.25, -0.2) is 14.7 Å². The number of hydrogen-bond donors (Lipinski definition) is 3. The molecule has 1 aromatic heterocycles. The van der Waals surface area contributed by atoms with Crippen LogP contribution in [0.1, 0.15) is 109 Å². The van der Waals surface area contributed by atoms with Gasteiger partial charge in [0.05, 0.1) is 12.1 Å². The summed E-state index contributed by atoms with van der Waals surface area (Å²) in [6, 6.07) is -1.53. The van der Waals surface area contributed by atoms with Gasteiger partial charge in [-0.2, -0.15) is 0 Å². The summed E-state index contributed by atoms with van der Waals surface area (Å²) < 4.78 is 11.3. The van der Waals surface area contributed by atoms with Gasteiger partial charge in [-0.05, 0) is 44.2 Å². The lowest BCUT2D eigenvalue weighted by molar-refractivity contribution is -0.168. The van der Waals surface area contributed by atoms with Crippen molar-refractivity contribution < 1.29 is 38.9 Å². The number of esters is 2. The first-order valence-electron chi connectivity index (χ1n) is 15.6. The number of amides is 1. The third kappa shape index (κ3) is 11.1. The van der Waals surface area contributed by atoms with E-state index < -0.39 is 42.3 Å². The predicted octanol–water partition coefficient (Wildman–Crippen LogP) is 4.04. The van der Waals surface area contributed by atoms with Gasteiger partial charge < -0.3 is 25.0 Å². The van der Waals surface area contributed by atoms with E-state index >= 15 is 0 Å². The molecule has 0 aromatic carbocycles. The second kappa shape index (κ2) is 17.8. The van der Waals surface area contributed by atoms with Crippen LogP contribution in [0.3, 0.4) is 0 Å². The van der Waals surface area contributed by atoms with Crippen molar-refractivity contribution in [3.05, 3.63) is 16.1 Å². The first-order valence-corrected chi connectivity index (χ1v) is 16.5. The quantitative estimate of drug-likeness (QED) is 0.167. The normalized spacial score (nSPS) is 19.3. The molecule has 250 valence electrons. The highest BCUT2D eigenvalue weighted by atomic mass is 32.1. The van der Waals surface area contributed by atoms with Crippen molar-refractivity contribution >= 4 is 35.2 Å². The molecule has 1 amide bonds. The monoisotopic (exact) mass is 640 g/mol. The number of aliphatic hydroxyl groups excluding tert-OH is 1. The van der Waals surface area contributed by atoms with Crippen LogP contribution < -0.4 is 5.32 Å². The number of nitrogens with zero attached hydrogens (tertiary/aromatic N) is 3. The fraction of sp³-hybridized carbons (Fsp3) is 0.774. The summed E-state index contributed by atoms with van der Waals surface area (Å²) in [5.74, 6) is -2.55. The maximum atomic E-state index is 13.5. The Hall–Kier alpha value is -2.61. The van der Waals surface area contributed by atoms with Crippen LogP contribution in [0.4, 0.5) is 0 Å². The standard InChI is InChI=1S/C31H52N4O8S/c1-9-20(6)27(33-28(38)23-12-10-11-13-34(23)8)30(39)35(17-42-26(37)14-18(2)3)24(19(4)5)15-25(43-21(7)36)29-32-22(16-44-29)31(40)41/h16,18-20,23-25,27,30,39H,9-15,17H2,1-8H3,(H,33,38)(H,40,41)/t20-,23+,24+,25+,27-,30-/m0/s1. The average molecular weight is 641 g/mol. The molecule has 0 radical (unpaired) electrons. The number of carboxylic acid groups (broad SMARTS) is 1. The van der Waals surface area contributed by atoms with E-state index in [-0.39, 0.29) is 55.0 Å². The molecule has 13 heteroatoms. The van der Waals surface area contributed by atoms with E-state index in [1.165, 1.54) is 12.3 Å². The zero-order chi connectivity index (χ0) is 33.1. The van der Waals surface area contributed by atoms with Crippen LogP contribution in [0, 0.1) is 17.8 Å². The minimum Gasteiger partial charge on any atom is -0.476 e. The van der Waals surface area contributed by atoms with Crippen LogP contribution in [0.15, 0.2) is 5.38 Å². The van der Waals surface area contributed by atoms with E-state index in [0.29, 0.717) is 11.4 Å². The summed E-state index contributed by atoms with van der Waals surface area (Å²) in [4.78, 5) is 57.7. The molecule has 0 saturated carbocycles. The molecule has 0 aliphatic carbocycles. The van der Waals surface area contributed by atoms with Crippen molar-refractivity contribution in [3.63, 3.8) is 0 Å². The highest BCUT2D eigenvalue weighted by Gasteiger charge is 2.40. The number of ether oxygens (including phenoxy) is 2. The first kappa shape index (κ1) is 37.6. The Morgan fingerprint density at radius 3 is 2.39 bits per heavy atom. The molecule has 1 aliphatic rings. The van der Waals surface area contributed by atoms with E-state index in [9.17, 15) is 29.4 Å². The van der Waals surface area contributed by atoms with E-state index in [1.807, 2.05) is 53.5 Å². The molecule has 2 rings (SSSR count). The molecule has 0 unspecified atom stereocenters. The minimum absolute atomic E-state index is 0.0723. The summed E-state index contributed by atoms with van der Waals surface area (Å²) in [7, 11) is 1.93. The lowest BCUT2D eigenvalue weighted by atomic mass is 9.91. The van der Waals surface area contributed by atoms with Crippen molar-refractivity contribution in [2.45, 2.75) is 117 Å². The van der Waals surface area contributed by atoms with E-state index in [4.69, 9.17) is 9.47 Å². The Morgan fingerprint density at radius 2 is 1.86 bits per heavy atom. The van der Waals surface area contributed by atoms with Gasteiger partial charge in [-0.1, -0.05) is 54.4 Å². The summed E-state index contributed by atoms with van der Waals surface area (Å²) in [5.41, 5.74) is -0.157. The number of carboxylic acids is 1. The fourth-order valence-corrected chi connectivity index (χ4v) is 6.32. The number of likely N-dealkylation sites (tertiary alicyclic amines) is 1. The van der Waals surface area contributed by atoms with Crippen molar-refractivity contribution in [3.8, 4) is 0 Å². The number of aromatic nitrogens is 1. The molecule has 12 nitrogen and oxygen atoms in total. The number of thiazole rings is 1. The van der Waals surface area contributed by atoms with Crippen molar-refractivity contribution in [2.24, 2.45) is 17.8 Å². The van der Waals surface area contributed by atoms with Crippen molar-refractivity contribution in [1.29, 1.82) is 0 Å². The Balaban J connectivity index is 2.48. The summed E-state index contributed by atoms with van der Waals surface area (Å²) in [6.45, 7) is 13.4. The molecule has 44 heavy (non-hydrogen) atoms. The van der Waals surface area contributed by atoms with Crippen LogP contribution in [-0.2, 0) is 23.9 Å². The van der Waals surface area contributed by atoms with Gasteiger partial charge >= 0.3 is 17.9 Å². The number of carbonyl (C=O) groups excluding carboxylic acids is 3. The molecule has 1 saturated heterocycles. The zero-order valence-electron chi connectivity index (χ0n) is 27.4. The highest BCUT2D eigenvalue weighted by molar-refractivity contribution is 7.09. The number of aromatic carboxylic acids is 1. The molecule has 2 heterocycles. The van der Waals surface area contributed by atoms with Gasteiger partial charge in [-0.15, -0.1) is 11.3 Å².